The van der Waals surface area contributed by atoms with E-state index < -0.39 is 0 Å². The fourth-order valence-corrected chi connectivity index (χ4v) is 4.35. The van der Waals surface area contributed by atoms with Gasteiger partial charge in [-0.25, -0.2) is 0 Å². The van der Waals surface area contributed by atoms with Crippen LogP contribution in [0, 0.1) is 5.92 Å². The zero-order valence-electron chi connectivity index (χ0n) is 17.4. The number of piperidine rings is 1. The van der Waals surface area contributed by atoms with Crippen molar-refractivity contribution >= 4 is 16.8 Å². The average Bonchev–Trinajstić information content (AvgIpc) is 3.54. The van der Waals surface area contributed by atoms with E-state index in [4.69, 9.17) is 9.47 Å². The van der Waals surface area contributed by atoms with E-state index in [0.29, 0.717) is 5.92 Å². The number of amides is 1. The maximum absolute atomic E-state index is 12.9. The van der Waals surface area contributed by atoms with E-state index in [-0.39, 0.29) is 5.91 Å². The SMILES string of the molecule is COc1ccc2[nH]cc(C3CCN(C(=O)c4ccc(OCC5CC5)cc4)CC3)c2c1. The summed E-state index contributed by atoms with van der Waals surface area (Å²) in [5.74, 6) is 3.02. The molecule has 0 radical (unpaired) electrons. The number of benzene rings is 2. The predicted molar refractivity (Wildman–Crippen MR) is 117 cm³/mol. The summed E-state index contributed by atoms with van der Waals surface area (Å²) in [7, 11) is 1.70. The van der Waals surface area contributed by atoms with Gasteiger partial charge in [-0.3, -0.25) is 4.79 Å². The van der Waals surface area contributed by atoms with Gasteiger partial charge in [0.15, 0.2) is 0 Å². The van der Waals surface area contributed by atoms with Crippen molar-refractivity contribution in [3.8, 4) is 11.5 Å². The lowest BCUT2D eigenvalue weighted by atomic mass is 9.89. The summed E-state index contributed by atoms with van der Waals surface area (Å²) >= 11 is 0. The maximum Gasteiger partial charge on any atom is 0.253 e. The van der Waals surface area contributed by atoms with Gasteiger partial charge >= 0.3 is 0 Å². The Morgan fingerprint density at radius 2 is 1.77 bits per heavy atom. The van der Waals surface area contributed by atoms with E-state index >= 15 is 0 Å². The number of carbonyl (C=O) groups excluding carboxylic acids is 1. The standard InChI is InChI=1S/C25H28N2O3/c1-29-21-8-9-24-22(14-21)23(15-26-24)18-10-12-27(13-11-18)25(28)19-4-6-20(7-5-19)30-16-17-2-3-17/h4-9,14-15,17-18,26H,2-3,10-13,16H2,1H3. The van der Waals surface area contributed by atoms with Crippen LogP contribution < -0.4 is 9.47 Å². The van der Waals surface area contributed by atoms with Crippen molar-refractivity contribution in [3.05, 3.63) is 59.8 Å². The number of aromatic amines is 1. The van der Waals surface area contributed by atoms with Crippen LogP contribution in [0.4, 0.5) is 0 Å². The molecule has 2 aliphatic rings. The molecule has 5 nitrogen and oxygen atoms in total. The molecule has 5 rings (SSSR count). The molecule has 3 aromatic rings. The van der Waals surface area contributed by atoms with Gasteiger partial charge in [0.1, 0.15) is 11.5 Å². The van der Waals surface area contributed by atoms with Crippen molar-refractivity contribution in [2.24, 2.45) is 5.92 Å². The van der Waals surface area contributed by atoms with Gasteiger partial charge in [0, 0.05) is 35.8 Å². The summed E-state index contributed by atoms with van der Waals surface area (Å²) in [6.07, 6.45) is 6.61. The number of nitrogens with one attached hydrogen (secondary N) is 1. The minimum atomic E-state index is 0.114. The van der Waals surface area contributed by atoms with Crippen molar-refractivity contribution in [3.63, 3.8) is 0 Å². The van der Waals surface area contributed by atoms with Crippen LogP contribution in [-0.4, -0.2) is 42.6 Å². The van der Waals surface area contributed by atoms with E-state index in [1.54, 1.807) is 7.11 Å². The van der Waals surface area contributed by atoms with E-state index in [0.717, 1.165) is 61.0 Å². The van der Waals surface area contributed by atoms with Crippen molar-refractivity contribution in [1.29, 1.82) is 0 Å². The minimum absolute atomic E-state index is 0.114. The molecule has 0 atom stereocenters. The number of carbonyl (C=O) groups is 1. The van der Waals surface area contributed by atoms with Gasteiger partial charge < -0.3 is 19.4 Å². The quantitative estimate of drug-likeness (QED) is 0.630. The lowest BCUT2D eigenvalue weighted by molar-refractivity contribution is 0.0713. The van der Waals surface area contributed by atoms with Crippen LogP contribution >= 0.6 is 0 Å². The first-order valence-electron chi connectivity index (χ1n) is 10.9. The minimum Gasteiger partial charge on any atom is -0.497 e. The molecule has 1 amide bonds. The zero-order valence-corrected chi connectivity index (χ0v) is 17.4. The molecule has 1 saturated heterocycles. The number of hydrogen-bond donors (Lipinski definition) is 1. The van der Waals surface area contributed by atoms with E-state index in [9.17, 15) is 4.79 Å². The number of fused-ring (bicyclic) bond motifs is 1. The highest BCUT2D eigenvalue weighted by molar-refractivity contribution is 5.94. The van der Waals surface area contributed by atoms with Crippen molar-refractivity contribution in [2.75, 3.05) is 26.8 Å². The second kappa shape index (κ2) is 8.05. The number of methoxy groups -OCH3 is 1. The molecule has 2 heterocycles. The lowest BCUT2D eigenvalue weighted by Gasteiger charge is -2.32. The van der Waals surface area contributed by atoms with Gasteiger partial charge in [0.2, 0.25) is 0 Å². The first-order chi connectivity index (χ1) is 14.7. The van der Waals surface area contributed by atoms with Crippen LogP contribution in [-0.2, 0) is 0 Å². The molecule has 2 fully saturated rings. The fourth-order valence-electron chi connectivity index (χ4n) is 4.35. The number of likely N-dealkylation sites (tertiary alicyclic amines) is 1. The summed E-state index contributed by atoms with van der Waals surface area (Å²) in [5, 5.41) is 1.22. The Kier molecular flexibility index (Phi) is 5.11. The first-order valence-corrected chi connectivity index (χ1v) is 10.9. The van der Waals surface area contributed by atoms with E-state index in [1.807, 2.05) is 35.2 Å². The van der Waals surface area contributed by atoms with Crippen LogP contribution in [0.1, 0.15) is 47.5 Å². The highest BCUT2D eigenvalue weighted by Gasteiger charge is 2.26. The largest absolute Gasteiger partial charge is 0.497 e. The molecule has 0 spiro atoms. The summed E-state index contributed by atoms with van der Waals surface area (Å²) in [6.45, 7) is 2.35. The Hall–Kier alpha value is -2.95. The third kappa shape index (κ3) is 3.89. The van der Waals surface area contributed by atoms with Crippen LogP contribution in [0.25, 0.3) is 10.9 Å². The van der Waals surface area contributed by atoms with Crippen molar-refractivity contribution in [2.45, 2.75) is 31.6 Å². The topological polar surface area (TPSA) is 54.6 Å². The third-order valence-corrected chi connectivity index (χ3v) is 6.43. The smallest absolute Gasteiger partial charge is 0.253 e. The highest BCUT2D eigenvalue weighted by Crippen LogP contribution is 2.35. The molecule has 1 saturated carbocycles. The number of ether oxygens (including phenoxy) is 2. The number of rotatable bonds is 6. The van der Waals surface area contributed by atoms with Crippen LogP contribution in [0.3, 0.4) is 0 Å². The number of nitrogens with zero attached hydrogens (tertiary/aromatic N) is 1. The average molecular weight is 405 g/mol. The number of hydrogen-bond acceptors (Lipinski definition) is 3. The molecule has 1 aliphatic heterocycles. The molecule has 0 unspecified atom stereocenters. The Morgan fingerprint density at radius 3 is 2.47 bits per heavy atom. The third-order valence-electron chi connectivity index (χ3n) is 6.43. The Bertz CT molecular complexity index is 1030. The fraction of sp³-hybridized carbons (Fsp3) is 0.400. The first kappa shape index (κ1) is 19.0. The molecular formula is C25H28N2O3. The van der Waals surface area contributed by atoms with Gasteiger partial charge in [0.25, 0.3) is 5.91 Å². The summed E-state index contributed by atoms with van der Waals surface area (Å²) < 4.78 is 11.2. The van der Waals surface area contributed by atoms with E-state index in [2.05, 4.69) is 23.3 Å². The summed E-state index contributed by atoms with van der Waals surface area (Å²) in [6, 6.07) is 13.8. The van der Waals surface area contributed by atoms with Gasteiger partial charge in [-0.1, -0.05) is 0 Å². The molecule has 2 aromatic carbocycles. The van der Waals surface area contributed by atoms with Crippen LogP contribution in [0.5, 0.6) is 11.5 Å². The summed E-state index contributed by atoms with van der Waals surface area (Å²) in [5.41, 5.74) is 3.20. The van der Waals surface area contributed by atoms with Crippen LogP contribution in [0.15, 0.2) is 48.7 Å². The van der Waals surface area contributed by atoms with Crippen molar-refractivity contribution in [1.82, 2.24) is 9.88 Å². The molecule has 30 heavy (non-hydrogen) atoms. The highest BCUT2D eigenvalue weighted by atomic mass is 16.5. The number of aromatic nitrogens is 1. The molecule has 156 valence electrons. The zero-order chi connectivity index (χ0) is 20.5. The molecule has 0 bridgehead atoms. The Labute approximate surface area is 177 Å². The van der Waals surface area contributed by atoms with Gasteiger partial charge in [-0.2, -0.15) is 0 Å². The van der Waals surface area contributed by atoms with Gasteiger partial charge in [-0.15, -0.1) is 0 Å². The molecule has 1 aliphatic carbocycles. The normalized spacial score (nSPS) is 17.3. The van der Waals surface area contributed by atoms with Gasteiger partial charge in [0.05, 0.1) is 13.7 Å². The second-order valence-corrected chi connectivity index (χ2v) is 8.50. The van der Waals surface area contributed by atoms with Crippen molar-refractivity contribution < 1.29 is 14.3 Å². The van der Waals surface area contributed by atoms with Crippen LogP contribution in [0.2, 0.25) is 0 Å². The molecule has 1 N–H and O–H groups in total. The monoisotopic (exact) mass is 404 g/mol. The summed E-state index contributed by atoms with van der Waals surface area (Å²) in [4.78, 5) is 18.3. The molecular weight excluding hydrogens is 376 g/mol. The Balaban J connectivity index is 1.21. The van der Waals surface area contributed by atoms with Gasteiger partial charge in [-0.05, 0) is 85.5 Å². The number of H-pyrrole nitrogens is 1. The van der Waals surface area contributed by atoms with E-state index in [1.165, 1.54) is 23.8 Å². The maximum atomic E-state index is 12.9. The molecule has 5 heteroatoms. The Morgan fingerprint density at radius 1 is 1.03 bits per heavy atom. The molecule has 1 aromatic heterocycles. The lowest BCUT2D eigenvalue weighted by Crippen LogP contribution is -2.37. The predicted octanol–water partition coefficient (Wildman–Crippen LogP) is 4.99. The second-order valence-electron chi connectivity index (χ2n) is 8.50.